The largest absolute Gasteiger partial charge is 0.340 e. The number of hydrogen-bond donors (Lipinski definition) is 1. The highest BCUT2D eigenvalue weighted by molar-refractivity contribution is 5.85. The highest BCUT2D eigenvalue weighted by Crippen LogP contribution is 2.19. The molecule has 1 fully saturated rings. The Morgan fingerprint density at radius 1 is 1.10 bits per heavy atom. The topological polar surface area (TPSA) is 49.6 Å². The fourth-order valence-electron chi connectivity index (χ4n) is 2.13. The third kappa shape index (κ3) is 9.01. The first kappa shape index (κ1) is 22.3. The Labute approximate surface area is 136 Å². The van der Waals surface area contributed by atoms with Crippen LogP contribution in [-0.4, -0.2) is 55.0 Å². The number of hydrogen-bond acceptors (Lipinski definition) is 3. The zero-order chi connectivity index (χ0) is 13.6. The Bertz CT molecular complexity index is 262. The minimum Gasteiger partial charge on any atom is -0.340 e. The summed E-state index contributed by atoms with van der Waals surface area (Å²) in [6.45, 7) is 12.4. The van der Waals surface area contributed by atoms with Gasteiger partial charge in [0.2, 0.25) is 5.91 Å². The Morgan fingerprint density at radius 2 is 1.65 bits per heavy atom. The molecule has 0 radical (unpaired) electrons. The Morgan fingerprint density at radius 3 is 2.10 bits per heavy atom. The molecule has 4 nitrogen and oxygen atoms in total. The summed E-state index contributed by atoms with van der Waals surface area (Å²) in [7, 11) is 0. The maximum absolute atomic E-state index is 11.8. The minimum absolute atomic E-state index is 0. The molecule has 0 aromatic heterocycles. The summed E-state index contributed by atoms with van der Waals surface area (Å²) in [6.07, 6.45) is 2.63. The van der Waals surface area contributed by atoms with Gasteiger partial charge in [0.05, 0.1) is 0 Å². The quantitative estimate of drug-likeness (QED) is 0.841. The minimum atomic E-state index is 0. The van der Waals surface area contributed by atoms with Crippen LogP contribution in [-0.2, 0) is 4.79 Å². The monoisotopic (exact) mass is 327 g/mol. The fourth-order valence-corrected chi connectivity index (χ4v) is 2.13. The second-order valence-corrected chi connectivity index (χ2v) is 6.43. The summed E-state index contributed by atoms with van der Waals surface area (Å²) in [4.78, 5) is 16.3. The first-order valence-electron chi connectivity index (χ1n) is 7.12. The predicted molar refractivity (Wildman–Crippen MR) is 89.9 cm³/mol. The van der Waals surface area contributed by atoms with E-state index in [0.29, 0.717) is 18.4 Å². The van der Waals surface area contributed by atoms with Gasteiger partial charge in [-0.2, -0.15) is 0 Å². The van der Waals surface area contributed by atoms with Gasteiger partial charge in [0.25, 0.3) is 0 Å². The van der Waals surface area contributed by atoms with Crippen LogP contribution in [0.15, 0.2) is 0 Å². The number of nitrogens with zero attached hydrogens (tertiary/aromatic N) is 2. The molecule has 1 amide bonds. The lowest BCUT2D eigenvalue weighted by molar-refractivity contribution is -0.133. The van der Waals surface area contributed by atoms with E-state index in [0.717, 1.165) is 39.1 Å². The molecule has 0 aromatic rings. The molecule has 0 aromatic carbocycles. The summed E-state index contributed by atoms with van der Waals surface area (Å²) in [5.74, 6) is 0.274. The van der Waals surface area contributed by atoms with Crippen molar-refractivity contribution in [1.29, 1.82) is 0 Å². The summed E-state index contributed by atoms with van der Waals surface area (Å²) < 4.78 is 0. The molecule has 0 atom stereocenters. The van der Waals surface area contributed by atoms with Crippen molar-refractivity contribution >= 4 is 30.7 Å². The first-order chi connectivity index (χ1) is 8.42. The molecule has 1 rings (SSSR count). The average Bonchev–Trinajstić information content (AvgIpc) is 2.33. The van der Waals surface area contributed by atoms with Crippen LogP contribution in [0.1, 0.15) is 40.0 Å². The van der Waals surface area contributed by atoms with E-state index in [1.807, 2.05) is 4.90 Å². The SMILES string of the molecule is CC(C)(C)CCN1CCN(C(=O)CCCN)CC1.Cl.Cl. The van der Waals surface area contributed by atoms with Gasteiger partial charge in [-0.25, -0.2) is 0 Å². The van der Waals surface area contributed by atoms with E-state index in [-0.39, 0.29) is 30.7 Å². The molecule has 0 spiro atoms. The molecule has 0 saturated carbocycles. The van der Waals surface area contributed by atoms with Gasteiger partial charge in [0.1, 0.15) is 0 Å². The zero-order valence-electron chi connectivity index (χ0n) is 13.1. The second-order valence-electron chi connectivity index (χ2n) is 6.43. The van der Waals surface area contributed by atoms with E-state index in [9.17, 15) is 4.79 Å². The number of carbonyl (C=O) groups excluding carboxylic acids is 1. The molecule has 0 aliphatic carbocycles. The molecular formula is C14H31Cl2N3O. The van der Waals surface area contributed by atoms with Crippen molar-refractivity contribution in [2.45, 2.75) is 40.0 Å². The van der Waals surface area contributed by atoms with E-state index in [2.05, 4.69) is 25.7 Å². The van der Waals surface area contributed by atoms with Crippen LogP contribution in [0, 0.1) is 5.41 Å². The van der Waals surface area contributed by atoms with E-state index in [4.69, 9.17) is 5.73 Å². The molecular weight excluding hydrogens is 297 g/mol. The van der Waals surface area contributed by atoms with Crippen molar-refractivity contribution in [3.05, 3.63) is 0 Å². The predicted octanol–water partition coefficient (Wildman–Crippen LogP) is 2.15. The number of halogens is 2. The lowest BCUT2D eigenvalue weighted by atomic mass is 9.92. The Kier molecular flexibility index (Phi) is 11.9. The number of carbonyl (C=O) groups is 1. The molecule has 20 heavy (non-hydrogen) atoms. The van der Waals surface area contributed by atoms with Crippen LogP contribution >= 0.6 is 24.8 Å². The van der Waals surface area contributed by atoms with Crippen LogP contribution in [0.3, 0.4) is 0 Å². The maximum Gasteiger partial charge on any atom is 0.222 e. The molecule has 2 N–H and O–H groups in total. The maximum atomic E-state index is 11.8. The highest BCUT2D eigenvalue weighted by Gasteiger charge is 2.21. The van der Waals surface area contributed by atoms with Gasteiger partial charge in [-0.05, 0) is 31.3 Å². The molecule has 1 saturated heterocycles. The molecule has 6 heteroatoms. The first-order valence-corrected chi connectivity index (χ1v) is 7.12. The highest BCUT2D eigenvalue weighted by atomic mass is 35.5. The third-order valence-corrected chi connectivity index (χ3v) is 3.50. The fraction of sp³-hybridized carbons (Fsp3) is 0.929. The van der Waals surface area contributed by atoms with Gasteiger partial charge in [-0.1, -0.05) is 20.8 Å². The van der Waals surface area contributed by atoms with Crippen LogP contribution in [0.2, 0.25) is 0 Å². The second kappa shape index (κ2) is 10.7. The molecule has 1 aliphatic rings. The Balaban J connectivity index is 0. The van der Waals surface area contributed by atoms with E-state index in [1.54, 1.807) is 0 Å². The Hall–Kier alpha value is -0.0300. The zero-order valence-corrected chi connectivity index (χ0v) is 14.7. The van der Waals surface area contributed by atoms with Gasteiger partial charge >= 0.3 is 0 Å². The van der Waals surface area contributed by atoms with Crippen LogP contribution in [0.5, 0.6) is 0 Å². The molecule has 0 bridgehead atoms. The smallest absolute Gasteiger partial charge is 0.222 e. The van der Waals surface area contributed by atoms with Gasteiger partial charge in [0, 0.05) is 32.6 Å². The lowest BCUT2D eigenvalue weighted by Crippen LogP contribution is -2.49. The van der Waals surface area contributed by atoms with Crippen molar-refractivity contribution in [3.63, 3.8) is 0 Å². The summed E-state index contributed by atoms with van der Waals surface area (Å²) in [6, 6.07) is 0. The van der Waals surface area contributed by atoms with Crippen molar-refractivity contribution in [1.82, 2.24) is 9.80 Å². The van der Waals surface area contributed by atoms with Crippen molar-refractivity contribution in [2.75, 3.05) is 39.3 Å². The summed E-state index contributed by atoms with van der Waals surface area (Å²) in [5, 5.41) is 0. The van der Waals surface area contributed by atoms with E-state index in [1.165, 1.54) is 6.42 Å². The third-order valence-electron chi connectivity index (χ3n) is 3.50. The number of nitrogens with two attached hydrogens (primary N) is 1. The van der Waals surface area contributed by atoms with Crippen molar-refractivity contribution < 1.29 is 4.79 Å². The van der Waals surface area contributed by atoms with Gasteiger partial charge in [-0.15, -0.1) is 24.8 Å². The van der Waals surface area contributed by atoms with Gasteiger partial charge in [-0.3, -0.25) is 9.69 Å². The van der Waals surface area contributed by atoms with Crippen LogP contribution in [0.25, 0.3) is 0 Å². The summed E-state index contributed by atoms with van der Waals surface area (Å²) in [5.41, 5.74) is 5.83. The normalized spacial score (nSPS) is 16.3. The van der Waals surface area contributed by atoms with Crippen LogP contribution in [0.4, 0.5) is 0 Å². The lowest BCUT2D eigenvalue weighted by Gasteiger charge is -2.36. The van der Waals surface area contributed by atoms with Gasteiger partial charge in [0.15, 0.2) is 0 Å². The molecule has 122 valence electrons. The molecule has 1 aliphatic heterocycles. The van der Waals surface area contributed by atoms with Gasteiger partial charge < -0.3 is 10.6 Å². The molecule has 1 heterocycles. The van der Waals surface area contributed by atoms with Crippen molar-refractivity contribution in [2.24, 2.45) is 11.1 Å². The molecule has 0 unspecified atom stereocenters. The number of rotatable bonds is 5. The average molecular weight is 328 g/mol. The summed E-state index contributed by atoms with van der Waals surface area (Å²) >= 11 is 0. The number of piperazine rings is 1. The number of amides is 1. The van der Waals surface area contributed by atoms with E-state index < -0.39 is 0 Å². The standard InChI is InChI=1S/C14H29N3O.2ClH/c1-14(2,3)6-8-16-9-11-17(12-10-16)13(18)5-4-7-15;;/h4-12,15H2,1-3H3;2*1H. The van der Waals surface area contributed by atoms with Crippen LogP contribution < -0.4 is 5.73 Å². The van der Waals surface area contributed by atoms with E-state index >= 15 is 0 Å². The van der Waals surface area contributed by atoms with Crippen molar-refractivity contribution in [3.8, 4) is 0 Å².